The molecular formula is C13H10N2O4S2. The van der Waals surface area contributed by atoms with Gasteiger partial charge in [0.25, 0.3) is 10.0 Å². The standard InChI is InChI=1S/C13H10N2O4S2/c1-8-2-3-9(7-14)6-10(8)15-21(18,19)12-5-4-11(20-12)13(16)17/h2-6,15H,1H3,(H,16,17). The molecule has 0 radical (unpaired) electrons. The van der Waals surface area contributed by atoms with Crippen LogP contribution in [0.2, 0.25) is 0 Å². The fourth-order valence-corrected chi connectivity index (χ4v) is 3.84. The van der Waals surface area contributed by atoms with Crippen molar-refractivity contribution in [3.05, 3.63) is 46.3 Å². The molecule has 0 saturated carbocycles. The molecular weight excluding hydrogens is 312 g/mol. The molecule has 0 fully saturated rings. The van der Waals surface area contributed by atoms with E-state index in [1.807, 2.05) is 6.07 Å². The first-order valence-electron chi connectivity index (χ1n) is 5.70. The van der Waals surface area contributed by atoms with Gasteiger partial charge in [-0.25, -0.2) is 13.2 Å². The summed E-state index contributed by atoms with van der Waals surface area (Å²) in [7, 11) is -3.88. The van der Waals surface area contributed by atoms with Crippen LogP contribution in [0.4, 0.5) is 5.69 Å². The number of benzene rings is 1. The predicted octanol–water partition coefficient (Wildman–Crippen LogP) is 2.43. The zero-order chi connectivity index (χ0) is 15.6. The van der Waals surface area contributed by atoms with Crippen molar-refractivity contribution in [2.24, 2.45) is 0 Å². The van der Waals surface area contributed by atoms with Crippen molar-refractivity contribution in [1.29, 1.82) is 5.26 Å². The number of sulfonamides is 1. The maximum Gasteiger partial charge on any atom is 0.345 e. The SMILES string of the molecule is Cc1ccc(C#N)cc1NS(=O)(=O)c1ccc(C(=O)O)s1. The molecule has 0 amide bonds. The zero-order valence-corrected chi connectivity index (χ0v) is 12.5. The van der Waals surface area contributed by atoms with Crippen molar-refractivity contribution in [2.75, 3.05) is 4.72 Å². The summed E-state index contributed by atoms with van der Waals surface area (Å²) >= 11 is 0.668. The Morgan fingerprint density at radius 3 is 2.62 bits per heavy atom. The van der Waals surface area contributed by atoms with Gasteiger partial charge in [0.1, 0.15) is 9.09 Å². The van der Waals surface area contributed by atoms with Gasteiger partial charge in [0, 0.05) is 0 Å². The molecule has 0 saturated heterocycles. The zero-order valence-electron chi connectivity index (χ0n) is 10.8. The average Bonchev–Trinajstić information content (AvgIpc) is 2.92. The lowest BCUT2D eigenvalue weighted by Gasteiger charge is -2.09. The maximum absolute atomic E-state index is 12.2. The van der Waals surface area contributed by atoms with Gasteiger partial charge in [-0.2, -0.15) is 5.26 Å². The summed E-state index contributed by atoms with van der Waals surface area (Å²) in [6.07, 6.45) is 0. The highest BCUT2D eigenvalue weighted by molar-refractivity contribution is 7.94. The van der Waals surface area contributed by atoms with Gasteiger partial charge >= 0.3 is 5.97 Å². The van der Waals surface area contributed by atoms with E-state index in [-0.39, 0.29) is 9.09 Å². The van der Waals surface area contributed by atoms with E-state index < -0.39 is 16.0 Å². The summed E-state index contributed by atoms with van der Waals surface area (Å²) in [6, 6.07) is 9.05. The molecule has 6 nitrogen and oxygen atoms in total. The van der Waals surface area contributed by atoms with Crippen LogP contribution in [0.5, 0.6) is 0 Å². The van der Waals surface area contributed by atoms with Crippen molar-refractivity contribution in [3.8, 4) is 6.07 Å². The third-order valence-corrected chi connectivity index (χ3v) is 5.60. The minimum atomic E-state index is -3.88. The second-order valence-electron chi connectivity index (χ2n) is 4.17. The minimum absolute atomic E-state index is 0.0575. The third-order valence-electron chi connectivity index (χ3n) is 2.67. The van der Waals surface area contributed by atoms with Crippen molar-refractivity contribution in [2.45, 2.75) is 11.1 Å². The summed E-state index contributed by atoms with van der Waals surface area (Å²) in [4.78, 5) is 10.7. The number of hydrogen-bond acceptors (Lipinski definition) is 5. The summed E-state index contributed by atoms with van der Waals surface area (Å²) in [5.74, 6) is -1.18. The average molecular weight is 322 g/mol. The normalized spacial score (nSPS) is 10.9. The van der Waals surface area contributed by atoms with E-state index in [1.165, 1.54) is 18.2 Å². The highest BCUT2D eigenvalue weighted by atomic mass is 32.2. The van der Waals surface area contributed by atoms with Crippen molar-refractivity contribution < 1.29 is 18.3 Å². The Balaban J connectivity index is 2.37. The van der Waals surface area contributed by atoms with Crippen LogP contribution >= 0.6 is 11.3 Å². The quantitative estimate of drug-likeness (QED) is 0.899. The number of carboxylic acid groups (broad SMARTS) is 1. The smallest absolute Gasteiger partial charge is 0.345 e. The largest absolute Gasteiger partial charge is 0.477 e. The Labute approximate surface area is 125 Å². The van der Waals surface area contributed by atoms with Crippen molar-refractivity contribution >= 4 is 33.0 Å². The van der Waals surface area contributed by atoms with Gasteiger partial charge in [0.05, 0.1) is 17.3 Å². The minimum Gasteiger partial charge on any atom is -0.477 e. The Morgan fingerprint density at radius 2 is 2.05 bits per heavy atom. The number of anilines is 1. The highest BCUT2D eigenvalue weighted by Gasteiger charge is 2.20. The van der Waals surface area contributed by atoms with E-state index in [4.69, 9.17) is 10.4 Å². The van der Waals surface area contributed by atoms with E-state index in [0.29, 0.717) is 28.2 Å². The molecule has 21 heavy (non-hydrogen) atoms. The molecule has 0 unspecified atom stereocenters. The number of carbonyl (C=O) groups is 1. The molecule has 1 aromatic carbocycles. The van der Waals surface area contributed by atoms with Crippen molar-refractivity contribution in [3.63, 3.8) is 0 Å². The molecule has 0 aliphatic heterocycles. The molecule has 0 aliphatic carbocycles. The first-order valence-corrected chi connectivity index (χ1v) is 8.00. The molecule has 1 heterocycles. The van der Waals surface area contributed by atoms with E-state index in [9.17, 15) is 13.2 Å². The third kappa shape index (κ3) is 3.21. The van der Waals surface area contributed by atoms with Gasteiger partial charge in [-0.15, -0.1) is 11.3 Å². The molecule has 0 atom stereocenters. The van der Waals surface area contributed by atoms with Crippen LogP contribution in [0.3, 0.4) is 0 Å². The lowest BCUT2D eigenvalue weighted by molar-refractivity contribution is 0.0702. The number of hydrogen-bond donors (Lipinski definition) is 2. The predicted molar refractivity (Wildman–Crippen MR) is 78.0 cm³/mol. The summed E-state index contributed by atoms with van der Waals surface area (Å²) < 4.78 is 26.7. The monoisotopic (exact) mass is 322 g/mol. The Hall–Kier alpha value is -2.37. The van der Waals surface area contributed by atoms with Crippen LogP contribution < -0.4 is 4.72 Å². The maximum atomic E-state index is 12.2. The van der Waals surface area contributed by atoms with Crippen molar-refractivity contribution in [1.82, 2.24) is 0 Å². The molecule has 0 aliphatic rings. The van der Waals surface area contributed by atoms with Crippen LogP contribution in [0.1, 0.15) is 20.8 Å². The number of nitrogens with zero attached hydrogens (tertiary/aromatic N) is 1. The molecule has 2 N–H and O–H groups in total. The number of nitrogens with one attached hydrogen (secondary N) is 1. The summed E-state index contributed by atoms with van der Waals surface area (Å²) in [5.41, 5.74) is 1.28. The van der Waals surface area contributed by atoms with Gasteiger partial charge in [0.15, 0.2) is 0 Å². The molecule has 0 spiro atoms. The van der Waals surface area contributed by atoms with Gasteiger partial charge in [-0.05, 0) is 36.8 Å². The first-order chi connectivity index (χ1) is 9.83. The molecule has 1 aromatic heterocycles. The lowest BCUT2D eigenvalue weighted by atomic mass is 10.1. The van der Waals surface area contributed by atoms with Crippen LogP contribution in [0.15, 0.2) is 34.5 Å². The first kappa shape index (κ1) is 15.0. The van der Waals surface area contributed by atoms with Crippen LogP contribution in [0.25, 0.3) is 0 Å². The van der Waals surface area contributed by atoms with Gasteiger partial charge in [-0.1, -0.05) is 6.07 Å². The Bertz CT molecular complexity index is 847. The van der Waals surface area contributed by atoms with Gasteiger partial charge < -0.3 is 5.11 Å². The van der Waals surface area contributed by atoms with Crippen LogP contribution in [-0.2, 0) is 10.0 Å². The number of thiophene rings is 1. The van der Waals surface area contributed by atoms with E-state index >= 15 is 0 Å². The molecule has 8 heteroatoms. The van der Waals surface area contributed by atoms with E-state index in [1.54, 1.807) is 19.1 Å². The number of rotatable bonds is 4. The Kier molecular flexibility index (Phi) is 3.97. The van der Waals surface area contributed by atoms with E-state index in [0.717, 1.165) is 0 Å². The number of nitriles is 1. The molecule has 0 bridgehead atoms. The lowest BCUT2D eigenvalue weighted by Crippen LogP contribution is -2.12. The fraction of sp³-hybridized carbons (Fsp3) is 0.0769. The van der Waals surface area contributed by atoms with Gasteiger partial charge in [-0.3, -0.25) is 4.72 Å². The van der Waals surface area contributed by atoms with E-state index in [2.05, 4.69) is 4.72 Å². The fourth-order valence-electron chi connectivity index (χ4n) is 1.58. The second-order valence-corrected chi connectivity index (χ2v) is 7.16. The highest BCUT2D eigenvalue weighted by Crippen LogP contribution is 2.26. The topological polar surface area (TPSA) is 107 Å². The van der Waals surface area contributed by atoms with Crippen LogP contribution in [-0.4, -0.2) is 19.5 Å². The summed E-state index contributed by atoms with van der Waals surface area (Å²) in [6.45, 7) is 1.70. The number of aromatic carboxylic acids is 1. The Morgan fingerprint density at radius 1 is 1.33 bits per heavy atom. The molecule has 2 rings (SSSR count). The van der Waals surface area contributed by atoms with Gasteiger partial charge in [0.2, 0.25) is 0 Å². The number of aryl methyl sites for hydroxylation is 1. The second kappa shape index (κ2) is 5.55. The number of carboxylic acids is 1. The van der Waals surface area contributed by atoms with Crippen LogP contribution in [0, 0.1) is 18.3 Å². The summed E-state index contributed by atoms with van der Waals surface area (Å²) in [5, 5.41) is 17.7. The molecule has 108 valence electrons. The molecule has 2 aromatic rings.